The molecule has 2 nitrogen and oxygen atoms in total. The maximum atomic E-state index is 11.0. The summed E-state index contributed by atoms with van der Waals surface area (Å²) in [6.07, 6.45) is 2.53. The molecule has 0 atom stereocenters. The van der Waals surface area contributed by atoms with Crippen molar-refractivity contribution in [1.82, 2.24) is 0 Å². The van der Waals surface area contributed by atoms with Crippen LogP contribution in [0.1, 0.15) is 11.1 Å². The van der Waals surface area contributed by atoms with E-state index in [-0.39, 0.29) is 0 Å². The van der Waals surface area contributed by atoms with E-state index >= 15 is 0 Å². The average molecular weight is 235 g/mol. The molecule has 4 heteroatoms. The molecule has 1 aromatic rings. The van der Waals surface area contributed by atoms with Gasteiger partial charge in [-0.3, -0.25) is 0 Å². The van der Waals surface area contributed by atoms with E-state index in [0.717, 1.165) is 5.56 Å². The van der Waals surface area contributed by atoms with Crippen molar-refractivity contribution in [3.63, 3.8) is 0 Å². The minimum absolute atomic E-state index is 0.424. The fourth-order valence-corrected chi connectivity index (χ4v) is 1.31. The highest BCUT2D eigenvalue weighted by atomic mass is 79.9. The lowest BCUT2D eigenvalue weighted by molar-refractivity contribution is -0.622. The van der Waals surface area contributed by atoms with Crippen molar-refractivity contribution in [3.8, 4) is 0 Å². The molecule has 1 rings (SSSR count). The van der Waals surface area contributed by atoms with Crippen molar-refractivity contribution in [1.29, 1.82) is 0 Å². The van der Waals surface area contributed by atoms with Gasteiger partial charge in [0.25, 0.3) is 10.8 Å². The Kier molecular flexibility index (Phi) is 2.40. The van der Waals surface area contributed by atoms with Gasteiger partial charge in [-0.25, -0.2) is 0 Å². The van der Waals surface area contributed by atoms with Gasteiger partial charge in [0.1, 0.15) is 0 Å². The van der Waals surface area contributed by atoms with E-state index in [2.05, 4.69) is 22.1 Å². The zero-order valence-electron chi connectivity index (χ0n) is 6.11. The van der Waals surface area contributed by atoms with Crippen LogP contribution in [0.2, 0.25) is 5.02 Å². The Morgan fingerprint density at radius 2 is 2.09 bits per heavy atom. The van der Waals surface area contributed by atoms with Gasteiger partial charge in [0.2, 0.25) is 0 Å². The zero-order chi connectivity index (χ0) is 8.59. The second kappa shape index (κ2) is 2.99. The lowest BCUT2D eigenvalue weighted by Crippen LogP contribution is -2.29. The molecule has 1 heterocycles. The Labute approximate surface area is 78.5 Å². The lowest BCUT2D eigenvalue weighted by Gasteiger charge is -2.03. The third-order valence-corrected chi connectivity index (χ3v) is 2.90. The highest BCUT2D eigenvalue weighted by Gasteiger charge is 2.13. The molecule has 0 saturated heterocycles. The van der Waals surface area contributed by atoms with E-state index < -0.39 is 0 Å². The molecule has 0 aromatic carbocycles. The molecule has 0 N–H and O–H groups in total. The van der Waals surface area contributed by atoms with Crippen LogP contribution in [0.25, 0.3) is 0 Å². The number of aromatic nitrogens is 1. The van der Waals surface area contributed by atoms with Crippen molar-refractivity contribution >= 4 is 27.5 Å². The SMILES string of the molecule is Cc1[c][n+]([O-])c(Br)c(C)c1Cl. The second-order valence-electron chi connectivity index (χ2n) is 2.26. The first kappa shape index (κ1) is 8.81. The fourth-order valence-electron chi connectivity index (χ4n) is 0.775. The molecule has 1 aromatic heterocycles. The molecule has 11 heavy (non-hydrogen) atoms. The molecule has 0 bridgehead atoms. The largest absolute Gasteiger partial charge is 0.617 e. The van der Waals surface area contributed by atoms with E-state index in [4.69, 9.17) is 11.6 Å². The lowest BCUT2D eigenvalue weighted by atomic mass is 10.2. The summed E-state index contributed by atoms with van der Waals surface area (Å²) in [6.45, 7) is 3.53. The Morgan fingerprint density at radius 1 is 1.55 bits per heavy atom. The van der Waals surface area contributed by atoms with E-state index in [1.807, 2.05) is 0 Å². The van der Waals surface area contributed by atoms with Crippen LogP contribution in [0.4, 0.5) is 0 Å². The number of pyridine rings is 1. The van der Waals surface area contributed by atoms with Crippen LogP contribution in [-0.4, -0.2) is 0 Å². The average Bonchev–Trinajstić information content (AvgIpc) is 1.97. The minimum Gasteiger partial charge on any atom is -0.617 e. The van der Waals surface area contributed by atoms with Gasteiger partial charge in [-0.2, -0.15) is 4.73 Å². The van der Waals surface area contributed by atoms with Gasteiger partial charge in [-0.15, -0.1) is 0 Å². The van der Waals surface area contributed by atoms with Crippen molar-refractivity contribution in [2.45, 2.75) is 13.8 Å². The van der Waals surface area contributed by atoms with Gasteiger partial charge in [-0.1, -0.05) is 11.6 Å². The van der Waals surface area contributed by atoms with Crippen LogP contribution in [0.3, 0.4) is 0 Å². The molecule has 0 aliphatic carbocycles. The molecule has 0 spiro atoms. The molecule has 0 amide bonds. The molecule has 0 aliphatic rings. The first-order valence-corrected chi connectivity index (χ1v) is 4.18. The number of hydrogen-bond donors (Lipinski definition) is 0. The van der Waals surface area contributed by atoms with Crippen molar-refractivity contribution in [3.05, 3.63) is 32.2 Å². The van der Waals surface area contributed by atoms with Crippen LogP contribution >= 0.6 is 27.5 Å². The van der Waals surface area contributed by atoms with E-state index in [9.17, 15) is 5.21 Å². The highest BCUT2D eigenvalue weighted by molar-refractivity contribution is 9.10. The number of nitrogens with zero attached hydrogens (tertiary/aromatic N) is 1. The molecular formula is C7H6BrClNO. The van der Waals surface area contributed by atoms with Crippen molar-refractivity contribution in [2.24, 2.45) is 0 Å². The molecule has 59 valence electrons. The maximum Gasteiger partial charge on any atom is 0.295 e. The van der Waals surface area contributed by atoms with E-state index in [1.54, 1.807) is 13.8 Å². The number of rotatable bonds is 0. The summed E-state index contributed by atoms with van der Waals surface area (Å²) < 4.78 is 1.06. The maximum absolute atomic E-state index is 11.0. The second-order valence-corrected chi connectivity index (χ2v) is 3.39. The standard InChI is InChI=1S/C7H6BrClNO/c1-4-3-10(11)7(8)5(2)6(4)9/h1-2H3. The number of hydrogen-bond acceptors (Lipinski definition) is 1. The van der Waals surface area contributed by atoms with E-state index in [1.165, 1.54) is 0 Å². The third-order valence-electron chi connectivity index (χ3n) is 1.42. The summed E-state index contributed by atoms with van der Waals surface area (Å²) in [5.74, 6) is 0. The molecule has 0 fully saturated rings. The first-order chi connectivity index (χ1) is 5.04. The topological polar surface area (TPSA) is 26.9 Å². The quantitative estimate of drug-likeness (QED) is 0.384. The minimum atomic E-state index is 0.424. The summed E-state index contributed by atoms with van der Waals surface area (Å²) in [5.41, 5.74) is 1.42. The Hall–Kier alpha value is -0.280. The number of aryl methyl sites for hydroxylation is 1. The molecule has 0 saturated carbocycles. The first-order valence-electron chi connectivity index (χ1n) is 3.01. The van der Waals surface area contributed by atoms with Gasteiger partial charge in [0, 0.05) is 27.1 Å². The Balaban J connectivity index is 3.46. The summed E-state index contributed by atoms with van der Waals surface area (Å²) in [4.78, 5) is 0. The highest BCUT2D eigenvalue weighted by Crippen LogP contribution is 2.22. The van der Waals surface area contributed by atoms with Crippen LogP contribution in [0, 0.1) is 25.3 Å². The van der Waals surface area contributed by atoms with Crippen LogP contribution < -0.4 is 4.73 Å². The predicted octanol–water partition coefficient (Wildman–Crippen LogP) is 2.15. The predicted molar refractivity (Wildman–Crippen MR) is 46.4 cm³/mol. The monoisotopic (exact) mass is 234 g/mol. The Bertz CT molecular complexity index is 275. The molecule has 0 unspecified atom stereocenters. The van der Waals surface area contributed by atoms with Crippen LogP contribution in [-0.2, 0) is 0 Å². The molecular weight excluding hydrogens is 229 g/mol. The zero-order valence-corrected chi connectivity index (χ0v) is 8.45. The summed E-state index contributed by atoms with van der Waals surface area (Å²) in [6, 6.07) is 0. The van der Waals surface area contributed by atoms with Gasteiger partial charge >= 0.3 is 0 Å². The van der Waals surface area contributed by atoms with Crippen molar-refractivity contribution < 1.29 is 4.73 Å². The smallest absolute Gasteiger partial charge is 0.295 e. The van der Waals surface area contributed by atoms with Gasteiger partial charge in [-0.05, 0) is 13.8 Å². The normalized spacial score (nSPS) is 10.2. The summed E-state index contributed by atoms with van der Waals surface area (Å²) in [5, 5.41) is 11.6. The molecule has 0 aliphatic heterocycles. The van der Waals surface area contributed by atoms with Crippen LogP contribution in [0.5, 0.6) is 0 Å². The van der Waals surface area contributed by atoms with Gasteiger partial charge in [0.15, 0.2) is 0 Å². The van der Waals surface area contributed by atoms with Gasteiger partial charge < -0.3 is 5.21 Å². The van der Waals surface area contributed by atoms with Gasteiger partial charge in [0.05, 0.1) is 5.02 Å². The molecule has 1 radical (unpaired) electrons. The Morgan fingerprint density at radius 3 is 2.64 bits per heavy atom. The summed E-state index contributed by atoms with van der Waals surface area (Å²) >= 11 is 8.94. The van der Waals surface area contributed by atoms with Crippen molar-refractivity contribution in [2.75, 3.05) is 0 Å². The van der Waals surface area contributed by atoms with Crippen LogP contribution in [0.15, 0.2) is 4.60 Å². The summed E-state index contributed by atoms with van der Waals surface area (Å²) in [7, 11) is 0. The third kappa shape index (κ3) is 1.49. The fraction of sp³-hybridized carbons (Fsp3) is 0.286. The number of halogens is 2. The van der Waals surface area contributed by atoms with E-state index in [0.29, 0.717) is 19.9 Å².